The predicted octanol–water partition coefficient (Wildman–Crippen LogP) is 3.12. The van der Waals surface area contributed by atoms with E-state index >= 15 is 0 Å². The number of hydrogen-bond acceptors (Lipinski definition) is 3. The summed E-state index contributed by atoms with van der Waals surface area (Å²) in [7, 11) is 0. The number of ether oxygens (including phenoxy) is 1. The number of hydrogen-bond donors (Lipinski definition) is 1. The first-order valence-electron chi connectivity index (χ1n) is 7.08. The zero-order valence-corrected chi connectivity index (χ0v) is 12.7. The van der Waals surface area contributed by atoms with E-state index in [1.807, 2.05) is 20.8 Å². The second-order valence-electron chi connectivity index (χ2n) is 7.28. The second-order valence-corrected chi connectivity index (χ2v) is 7.28. The van der Waals surface area contributed by atoms with Crippen molar-refractivity contribution in [3.63, 3.8) is 0 Å². The minimum absolute atomic E-state index is 0.222. The molecule has 3 atom stereocenters. The van der Waals surface area contributed by atoms with E-state index in [1.165, 1.54) is 0 Å². The molecule has 1 aliphatic carbocycles. The Labute approximate surface area is 111 Å². The lowest BCUT2D eigenvalue weighted by Gasteiger charge is -2.44. The minimum Gasteiger partial charge on any atom is -0.459 e. The van der Waals surface area contributed by atoms with Crippen LogP contribution in [-0.4, -0.2) is 17.1 Å². The molecule has 106 valence electrons. The van der Waals surface area contributed by atoms with Crippen LogP contribution in [0, 0.1) is 17.8 Å². The number of carbonyl (C=O) groups excluding carboxylic acids is 1. The summed E-state index contributed by atoms with van der Waals surface area (Å²) in [5, 5.41) is 0. The molecule has 3 heteroatoms. The average Bonchev–Trinajstić information content (AvgIpc) is 2.13. The summed E-state index contributed by atoms with van der Waals surface area (Å²) in [4.78, 5) is 12.4. The largest absolute Gasteiger partial charge is 0.459 e. The zero-order chi connectivity index (χ0) is 14.1. The molecule has 3 nitrogen and oxygen atoms in total. The van der Waals surface area contributed by atoms with Crippen molar-refractivity contribution in [3.8, 4) is 0 Å². The molecule has 1 fully saturated rings. The average molecular weight is 255 g/mol. The number of carbonyl (C=O) groups is 1. The molecule has 1 aliphatic rings. The quantitative estimate of drug-likeness (QED) is 0.771. The molecule has 0 heterocycles. The van der Waals surface area contributed by atoms with Crippen molar-refractivity contribution in [2.45, 2.75) is 71.9 Å². The Morgan fingerprint density at radius 2 is 1.89 bits per heavy atom. The zero-order valence-electron chi connectivity index (χ0n) is 12.7. The predicted molar refractivity (Wildman–Crippen MR) is 74.1 cm³/mol. The van der Waals surface area contributed by atoms with E-state index < -0.39 is 11.1 Å². The summed E-state index contributed by atoms with van der Waals surface area (Å²) >= 11 is 0. The van der Waals surface area contributed by atoms with E-state index in [0.29, 0.717) is 11.8 Å². The van der Waals surface area contributed by atoms with Crippen molar-refractivity contribution < 1.29 is 9.53 Å². The molecule has 0 spiro atoms. The molecule has 3 unspecified atom stereocenters. The highest BCUT2D eigenvalue weighted by molar-refractivity contribution is 5.81. The highest BCUT2D eigenvalue weighted by atomic mass is 16.6. The van der Waals surface area contributed by atoms with Gasteiger partial charge in [0, 0.05) is 0 Å². The van der Waals surface area contributed by atoms with Gasteiger partial charge in [0.15, 0.2) is 0 Å². The number of rotatable bonds is 2. The van der Waals surface area contributed by atoms with Crippen molar-refractivity contribution >= 4 is 5.97 Å². The summed E-state index contributed by atoms with van der Waals surface area (Å²) in [5.74, 6) is 0.913. The summed E-state index contributed by atoms with van der Waals surface area (Å²) < 4.78 is 5.54. The first-order valence-corrected chi connectivity index (χ1v) is 7.08. The van der Waals surface area contributed by atoms with Crippen LogP contribution in [0.25, 0.3) is 0 Å². The van der Waals surface area contributed by atoms with Crippen LogP contribution in [-0.2, 0) is 9.53 Å². The van der Waals surface area contributed by atoms with Crippen LogP contribution >= 0.6 is 0 Å². The Balaban J connectivity index is 2.93. The maximum absolute atomic E-state index is 12.4. The van der Waals surface area contributed by atoms with Gasteiger partial charge in [-0.1, -0.05) is 27.2 Å². The molecule has 0 radical (unpaired) electrons. The normalized spacial score (nSPS) is 33.6. The number of nitrogens with two attached hydrogens (primary N) is 1. The summed E-state index contributed by atoms with van der Waals surface area (Å²) in [6.07, 6.45) is 2.92. The van der Waals surface area contributed by atoms with Gasteiger partial charge in [0.2, 0.25) is 0 Å². The first-order chi connectivity index (χ1) is 8.06. The monoisotopic (exact) mass is 255 g/mol. The van der Waals surface area contributed by atoms with Gasteiger partial charge in [0.05, 0.1) is 0 Å². The van der Waals surface area contributed by atoms with Gasteiger partial charge >= 0.3 is 5.97 Å². The van der Waals surface area contributed by atoms with E-state index in [0.717, 1.165) is 19.3 Å². The highest BCUT2D eigenvalue weighted by Crippen LogP contribution is 2.40. The maximum Gasteiger partial charge on any atom is 0.326 e. The summed E-state index contributed by atoms with van der Waals surface area (Å²) in [5.41, 5.74) is 5.20. The smallest absolute Gasteiger partial charge is 0.326 e. The Morgan fingerprint density at radius 3 is 2.33 bits per heavy atom. The van der Waals surface area contributed by atoms with Crippen molar-refractivity contribution in [2.75, 3.05) is 0 Å². The molecule has 18 heavy (non-hydrogen) atoms. The van der Waals surface area contributed by atoms with Crippen LogP contribution in [0.15, 0.2) is 0 Å². The van der Waals surface area contributed by atoms with Gasteiger partial charge in [-0.2, -0.15) is 0 Å². The van der Waals surface area contributed by atoms with Crippen LogP contribution in [0.5, 0.6) is 0 Å². The number of esters is 1. The fourth-order valence-corrected chi connectivity index (χ4v) is 3.09. The van der Waals surface area contributed by atoms with E-state index in [4.69, 9.17) is 10.5 Å². The standard InChI is InChI=1S/C15H29NO2/c1-10(2)12-8-7-11(3)9-15(12,16)13(17)18-14(4,5)6/h10-12H,7-9,16H2,1-6H3. The van der Waals surface area contributed by atoms with Gasteiger partial charge in [-0.15, -0.1) is 0 Å². The Hall–Kier alpha value is -0.570. The van der Waals surface area contributed by atoms with Gasteiger partial charge in [-0.25, -0.2) is 0 Å². The van der Waals surface area contributed by atoms with Crippen molar-refractivity contribution in [2.24, 2.45) is 23.5 Å². The lowest BCUT2D eigenvalue weighted by Crippen LogP contribution is -2.60. The van der Waals surface area contributed by atoms with Gasteiger partial charge in [-0.05, 0) is 51.4 Å². The third kappa shape index (κ3) is 3.47. The van der Waals surface area contributed by atoms with Crippen molar-refractivity contribution in [1.29, 1.82) is 0 Å². The maximum atomic E-state index is 12.4. The molecule has 0 aliphatic heterocycles. The third-order valence-corrected chi connectivity index (χ3v) is 3.90. The van der Waals surface area contributed by atoms with Crippen molar-refractivity contribution in [1.82, 2.24) is 0 Å². The van der Waals surface area contributed by atoms with E-state index in [9.17, 15) is 4.79 Å². The lowest BCUT2D eigenvalue weighted by molar-refractivity contribution is -0.167. The lowest BCUT2D eigenvalue weighted by atomic mass is 9.65. The van der Waals surface area contributed by atoms with Gasteiger partial charge in [-0.3, -0.25) is 4.79 Å². The van der Waals surface area contributed by atoms with Gasteiger partial charge < -0.3 is 10.5 Å². The topological polar surface area (TPSA) is 52.3 Å². The molecule has 0 saturated heterocycles. The van der Waals surface area contributed by atoms with Crippen LogP contribution in [0.1, 0.15) is 60.8 Å². The van der Waals surface area contributed by atoms with E-state index in [1.54, 1.807) is 0 Å². The van der Waals surface area contributed by atoms with Gasteiger partial charge in [0.1, 0.15) is 11.1 Å². The molecule has 0 amide bonds. The molecule has 0 aromatic heterocycles. The van der Waals surface area contributed by atoms with Crippen LogP contribution < -0.4 is 5.73 Å². The van der Waals surface area contributed by atoms with E-state index in [2.05, 4.69) is 20.8 Å². The van der Waals surface area contributed by atoms with Crippen LogP contribution in [0.3, 0.4) is 0 Å². The first kappa shape index (κ1) is 15.5. The van der Waals surface area contributed by atoms with Crippen LogP contribution in [0.4, 0.5) is 0 Å². The SMILES string of the molecule is CC1CCC(C(C)C)C(N)(C(=O)OC(C)(C)C)C1. The Bertz CT molecular complexity index is 306. The highest BCUT2D eigenvalue weighted by Gasteiger charge is 2.48. The summed E-state index contributed by atoms with van der Waals surface area (Å²) in [6, 6.07) is 0. The van der Waals surface area contributed by atoms with Crippen LogP contribution in [0.2, 0.25) is 0 Å². The van der Waals surface area contributed by atoms with E-state index in [-0.39, 0.29) is 11.9 Å². The Morgan fingerprint density at radius 1 is 1.33 bits per heavy atom. The minimum atomic E-state index is -0.806. The third-order valence-electron chi connectivity index (χ3n) is 3.90. The summed E-state index contributed by atoms with van der Waals surface area (Å²) in [6.45, 7) is 12.1. The molecule has 0 aromatic carbocycles. The fourth-order valence-electron chi connectivity index (χ4n) is 3.09. The van der Waals surface area contributed by atoms with Gasteiger partial charge in [0.25, 0.3) is 0 Å². The fraction of sp³-hybridized carbons (Fsp3) is 0.933. The molecule has 0 bridgehead atoms. The molecular formula is C15H29NO2. The second kappa shape index (κ2) is 5.20. The van der Waals surface area contributed by atoms with Crippen molar-refractivity contribution in [3.05, 3.63) is 0 Å². The molecular weight excluding hydrogens is 226 g/mol. The molecule has 0 aromatic rings. The molecule has 1 rings (SSSR count). The Kier molecular flexibility index (Phi) is 4.47. The molecule has 1 saturated carbocycles. The molecule has 2 N–H and O–H groups in total.